The molecule has 100 valence electrons. The molecule has 1 atom stereocenters. The Morgan fingerprint density at radius 1 is 1.53 bits per heavy atom. The summed E-state index contributed by atoms with van der Waals surface area (Å²) in [5.74, 6) is 0.291. The zero-order valence-electron chi connectivity index (χ0n) is 11.4. The van der Waals surface area contributed by atoms with Gasteiger partial charge in [0.1, 0.15) is 0 Å². The van der Waals surface area contributed by atoms with Gasteiger partial charge in [-0.1, -0.05) is 6.92 Å². The van der Waals surface area contributed by atoms with E-state index in [1.807, 2.05) is 18.7 Å². The van der Waals surface area contributed by atoms with Crippen molar-refractivity contribution >= 4 is 5.91 Å². The Labute approximate surface area is 105 Å². The Balaban J connectivity index is 2.29. The van der Waals surface area contributed by atoms with E-state index < -0.39 is 0 Å². The summed E-state index contributed by atoms with van der Waals surface area (Å²) in [7, 11) is 0. The number of carbonyl (C=O) groups is 1. The van der Waals surface area contributed by atoms with Crippen LogP contribution in [0.2, 0.25) is 0 Å². The lowest BCUT2D eigenvalue weighted by molar-refractivity contribution is -0.130. The number of nitrogens with zero attached hydrogens (tertiary/aromatic N) is 1. The van der Waals surface area contributed by atoms with Gasteiger partial charge in [0.2, 0.25) is 5.91 Å². The molecule has 1 aliphatic heterocycles. The highest BCUT2D eigenvalue weighted by Gasteiger charge is 2.29. The summed E-state index contributed by atoms with van der Waals surface area (Å²) in [4.78, 5) is 13.7. The van der Waals surface area contributed by atoms with Crippen molar-refractivity contribution in [3.63, 3.8) is 0 Å². The molecule has 0 radical (unpaired) electrons. The maximum absolute atomic E-state index is 11.7. The maximum atomic E-state index is 11.7. The molecule has 0 aromatic heterocycles. The molecule has 4 heteroatoms. The molecule has 0 aromatic carbocycles. The average Bonchev–Trinajstić information content (AvgIpc) is 2.61. The Morgan fingerprint density at radius 2 is 2.29 bits per heavy atom. The lowest BCUT2D eigenvalue weighted by Gasteiger charge is -2.25. The van der Waals surface area contributed by atoms with E-state index in [2.05, 4.69) is 12.2 Å². The number of rotatable bonds is 8. The van der Waals surface area contributed by atoms with E-state index in [0.29, 0.717) is 25.0 Å². The van der Waals surface area contributed by atoms with E-state index in [0.717, 1.165) is 32.5 Å². The molecule has 4 nitrogen and oxygen atoms in total. The minimum absolute atomic E-state index is 0.243. The summed E-state index contributed by atoms with van der Waals surface area (Å²) in [6, 6.07) is 0.414. The molecule has 1 heterocycles. The van der Waals surface area contributed by atoms with Gasteiger partial charge in [-0.05, 0) is 39.8 Å². The largest absolute Gasteiger partial charge is 0.377 e. The van der Waals surface area contributed by atoms with Gasteiger partial charge >= 0.3 is 0 Å². The lowest BCUT2D eigenvalue weighted by atomic mass is 10.1. The molecule has 1 saturated heterocycles. The summed E-state index contributed by atoms with van der Waals surface area (Å²) in [5.41, 5.74) is 0. The van der Waals surface area contributed by atoms with Crippen LogP contribution >= 0.6 is 0 Å². The Kier molecular flexibility index (Phi) is 6.52. The van der Waals surface area contributed by atoms with Crippen molar-refractivity contribution in [3.8, 4) is 0 Å². The van der Waals surface area contributed by atoms with E-state index in [4.69, 9.17) is 4.74 Å². The third-order valence-corrected chi connectivity index (χ3v) is 3.14. The van der Waals surface area contributed by atoms with E-state index >= 15 is 0 Å². The first kappa shape index (κ1) is 14.5. The smallest absolute Gasteiger partial charge is 0.222 e. The van der Waals surface area contributed by atoms with Gasteiger partial charge < -0.3 is 15.0 Å². The van der Waals surface area contributed by atoms with Crippen molar-refractivity contribution in [1.29, 1.82) is 0 Å². The highest BCUT2D eigenvalue weighted by molar-refractivity contribution is 5.78. The molecule has 1 amide bonds. The van der Waals surface area contributed by atoms with Gasteiger partial charge in [-0.25, -0.2) is 0 Å². The number of likely N-dealkylation sites (tertiary alicyclic amines) is 1. The van der Waals surface area contributed by atoms with Crippen LogP contribution in [0.1, 0.15) is 40.0 Å². The number of ether oxygens (including phenoxy) is 1. The molecule has 1 fully saturated rings. The van der Waals surface area contributed by atoms with Gasteiger partial charge in [0.05, 0.1) is 12.7 Å². The van der Waals surface area contributed by atoms with Crippen molar-refractivity contribution < 1.29 is 9.53 Å². The molecule has 1 aliphatic rings. The standard InChI is InChI=1S/C13H26N2O2/c1-4-14-8-7-12-5-6-13(16)15(12)9-10-17-11(2)3/h11-12,14H,4-10H2,1-3H3. The summed E-state index contributed by atoms with van der Waals surface area (Å²) in [5, 5.41) is 3.32. The second kappa shape index (κ2) is 7.67. The van der Waals surface area contributed by atoms with E-state index in [9.17, 15) is 4.79 Å². The molecule has 1 rings (SSSR count). The predicted molar refractivity (Wildman–Crippen MR) is 69.0 cm³/mol. The summed E-state index contributed by atoms with van der Waals surface area (Å²) in [6.07, 6.45) is 3.01. The third kappa shape index (κ3) is 5.04. The van der Waals surface area contributed by atoms with Gasteiger partial charge in [-0.2, -0.15) is 0 Å². The first-order valence-electron chi connectivity index (χ1n) is 6.77. The molecular weight excluding hydrogens is 216 g/mol. The second-order valence-corrected chi connectivity index (χ2v) is 4.84. The maximum Gasteiger partial charge on any atom is 0.222 e. The van der Waals surface area contributed by atoms with Crippen molar-refractivity contribution in [2.75, 3.05) is 26.2 Å². The van der Waals surface area contributed by atoms with Crippen LogP contribution in [0.15, 0.2) is 0 Å². The molecule has 0 saturated carbocycles. The van der Waals surface area contributed by atoms with Gasteiger partial charge in [0, 0.05) is 19.0 Å². The van der Waals surface area contributed by atoms with Crippen LogP contribution in [0.25, 0.3) is 0 Å². The highest BCUT2D eigenvalue weighted by atomic mass is 16.5. The van der Waals surface area contributed by atoms with Crippen LogP contribution in [0.3, 0.4) is 0 Å². The van der Waals surface area contributed by atoms with Crippen molar-refractivity contribution in [1.82, 2.24) is 10.2 Å². The van der Waals surface area contributed by atoms with Crippen LogP contribution < -0.4 is 5.32 Å². The summed E-state index contributed by atoms with van der Waals surface area (Å²) in [6.45, 7) is 9.54. The minimum Gasteiger partial charge on any atom is -0.377 e. The number of hydrogen-bond donors (Lipinski definition) is 1. The Hall–Kier alpha value is -0.610. The molecule has 1 unspecified atom stereocenters. The first-order chi connectivity index (χ1) is 8.15. The van der Waals surface area contributed by atoms with Gasteiger partial charge in [-0.15, -0.1) is 0 Å². The number of amides is 1. The summed E-state index contributed by atoms with van der Waals surface area (Å²) >= 11 is 0. The van der Waals surface area contributed by atoms with Gasteiger partial charge in [0.25, 0.3) is 0 Å². The molecule has 1 N–H and O–H groups in total. The van der Waals surface area contributed by atoms with Crippen LogP contribution in [0.4, 0.5) is 0 Å². The monoisotopic (exact) mass is 242 g/mol. The Bertz CT molecular complexity index is 231. The molecule has 0 aromatic rings. The van der Waals surface area contributed by atoms with Crippen LogP contribution in [-0.4, -0.2) is 49.2 Å². The summed E-state index contributed by atoms with van der Waals surface area (Å²) < 4.78 is 5.52. The van der Waals surface area contributed by atoms with E-state index in [1.54, 1.807) is 0 Å². The van der Waals surface area contributed by atoms with Crippen LogP contribution in [0.5, 0.6) is 0 Å². The third-order valence-electron chi connectivity index (χ3n) is 3.14. The first-order valence-corrected chi connectivity index (χ1v) is 6.77. The van der Waals surface area contributed by atoms with E-state index in [1.165, 1.54) is 0 Å². The van der Waals surface area contributed by atoms with Crippen LogP contribution in [0, 0.1) is 0 Å². The zero-order valence-corrected chi connectivity index (χ0v) is 11.4. The molecule has 0 spiro atoms. The fraction of sp³-hybridized carbons (Fsp3) is 0.923. The second-order valence-electron chi connectivity index (χ2n) is 4.84. The van der Waals surface area contributed by atoms with Gasteiger partial charge in [-0.3, -0.25) is 4.79 Å². The minimum atomic E-state index is 0.243. The quantitative estimate of drug-likeness (QED) is 0.654. The molecule has 0 bridgehead atoms. The fourth-order valence-corrected chi connectivity index (χ4v) is 2.23. The van der Waals surface area contributed by atoms with E-state index in [-0.39, 0.29) is 6.10 Å². The number of hydrogen-bond acceptors (Lipinski definition) is 3. The molecule has 17 heavy (non-hydrogen) atoms. The topological polar surface area (TPSA) is 41.6 Å². The normalized spacial score (nSPS) is 20.6. The van der Waals surface area contributed by atoms with Crippen LogP contribution in [-0.2, 0) is 9.53 Å². The SMILES string of the molecule is CCNCCC1CCC(=O)N1CCOC(C)C. The predicted octanol–water partition coefficient (Wildman–Crippen LogP) is 1.40. The highest BCUT2D eigenvalue weighted by Crippen LogP contribution is 2.20. The number of carbonyl (C=O) groups excluding carboxylic acids is 1. The average molecular weight is 242 g/mol. The van der Waals surface area contributed by atoms with Crippen molar-refractivity contribution in [2.45, 2.75) is 52.2 Å². The van der Waals surface area contributed by atoms with Gasteiger partial charge in [0.15, 0.2) is 0 Å². The fourth-order valence-electron chi connectivity index (χ4n) is 2.23. The molecule has 0 aliphatic carbocycles. The Morgan fingerprint density at radius 3 is 2.94 bits per heavy atom. The lowest BCUT2D eigenvalue weighted by Crippen LogP contribution is -2.37. The van der Waals surface area contributed by atoms with Crippen molar-refractivity contribution in [3.05, 3.63) is 0 Å². The molecular formula is C13H26N2O2. The van der Waals surface area contributed by atoms with Crippen molar-refractivity contribution in [2.24, 2.45) is 0 Å². The zero-order chi connectivity index (χ0) is 12.7. The number of nitrogens with one attached hydrogen (secondary N) is 1.